The number of hydrazone groups is 1. The van der Waals surface area contributed by atoms with Gasteiger partial charge in [0.2, 0.25) is 0 Å². The van der Waals surface area contributed by atoms with Crippen LogP contribution in [0.3, 0.4) is 0 Å². The molecule has 0 aliphatic rings. The lowest BCUT2D eigenvalue weighted by Gasteiger charge is -1.98. The number of nitrogens with zero attached hydrogens (tertiary/aromatic N) is 3. The largest absolute Gasteiger partial charge is 0.364 e. The Hall–Kier alpha value is -1.40. The van der Waals surface area contributed by atoms with Crippen LogP contribution in [-0.4, -0.2) is 22.1 Å². The van der Waals surface area contributed by atoms with E-state index in [4.69, 9.17) is 23.2 Å². The molecule has 0 spiro atoms. The molecule has 1 aromatic heterocycles. The summed E-state index contributed by atoms with van der Waals surface area (Å²) in [7, 11) is 0. The topological polar surface area (TPSA) is 107 Å². The fourth-order valence-electron chi connectivity index (χ4n) is 0.723. The first-order valence-electron chi connectivity index (χ1n) is 3.20. The van der Waals surface area contributed by atoms with Crippen molar-refractivity contribution >= 4 is 36.1 Å². The Morgan fingerprint density at radius 3 is 2.79 bits per heavy atom. The van der Waals surface area contributed by atoms with Gasteiger partial charge in [0.15, 0.2) is 5.69 Å². The predicted octanol–water partition coefficient (Wildman–Crippen LogP) is -0.0567. The van der Waals surface area contributed by atoms with E-state index >= 15 is 0 Å². The van der Waals surface area contributed by atoms with Gasteiger partial charge in [0.25, 0.3) is 5.91 Å². The summed E-state index contributed by atoms with van der Waals surface area (Å²) in [6.45, 7) is 0. The number of hydrogen-bond acceptors (Lipinski definition) is 5. The Bertz CT molecular complexity index is 367. The van der Waals surface area contributed by atoms with Gasteiger partial charge in [-0.3, -0.25) is 4.79 Å². The summed E-state index contributed by atoms with van der Waals surface area (Å²) in [5, 5.41) is 3.29. The maximum atomic E-state index is 10.8. The van der Waals surface area contributed by atoms with Crippen LogP contribution >= 0.6 is 24.0 Å². The summed E-state index contributed by atoms with van der Waals surface area (Å²) < 4.78 is 0. The minimum absolute atomic E-state index is 0. The number of amides is 1. The van der Waals surface area contributed by atoms with Crippen molar-refractivity contribution < 1.29 is 4.79 Å². The van der Waals surface area contributed by atoms with Crippen LogP contribution in [-0.2, 0) is 0 Å². The highest BCUT2D eigenvalue weighted by atomic mass is 35.5. The van der Waals surface area contributed by atoms with E-state index < -0.39 is 5.91 Å². The summed E-state index contributed by atoms with van der Waals surface area (Å²) in [5.41, 5.74) is 5.15. The molecule has 1 heterocycles. The Morgan fingerprint density at radius 1 is 1.64 bits per heavy atom. The minimum atomic E-state index is -0.732. The van der Waals surface area contributed by atoms with Crippen LogP contribution < -0.4 is 11.6 Å². The minimum Gasteiger partial charge on any atom is -0.364 e. The van der Waals surface area contributed by atoms with Crippen LogP contribution in [0.2, 0.25) is 5.15 Å². The monoisotopic (exact) mass is 235 g/mol. The Balaban J connectivity index is 0.00000169. The Morgan fingerprint density at radius 2 is 2.29 bits per heavy atom. The van der Waals surface area contributed by atoms with Gasteiger partial charge >= 0.3 is 0 Å². The molecule has 0 aromatic carbocycles. The fourth-order valence-corrected chi connectivity index (χ4v) is 0.857. The van der Waals surface area contributed by atoms with Gasteiger partial charge in [0.05, 0.1) is 12.4 Å². The fraction of sp³-hybridized carbons (Fsp3) is 0. The summed E-state index contributed by atoms with van der Waals surface area (Å²) in [5.74, 6) is 4.15. The molecular weight excluding hydrogens is 229 g/mol. The molecule has 76 valence electrons. The maximum Gasteiger partial charge on any atom is 0.269 e. The van der Waals surface area contributed by atoms with E-state index in [9.17, 15) is 4.79 Å². The van der Waals surface area contributed by atoms with Crippen molar-refractivity contribution in [3.63, 3.8) is 0 Å². The zero-order valence-electron chi connectivity index (χ0n) is 6.85. The number of rotatable bonds is 2. The van der Waals surface area contributed by atoms with Crippen molar-refractivity contribution in [1.82, 2.24) is 9.97 Å². The second-order valence-corrected chi connectivity index (χ2v) is 2.46. The lowest BCUT2D eigenvalue weighted by molar-refractivity contribution is 0.0995. The van der Waals surface area contributed by atoms with Crippen molar-refractivity contribution in [2.75, 3.05) is 0 Å². The molecule has 1 aromatic rings. The summed E-state index contributed by atoms with van der Waals surface area (Å²) in [6.07, 6.45) is 2.44. The molecule has 0 fully saturated rings. The average molecular weight is 236 g/mol. The van der Waals surface area contributed by atoms with Crippen LogP contribution in [0.25, 0.3) is 0 Å². The van der Waals surface area contributed by atoms with Crippen molar-refractivity contribution in [1.29, 1.82) is 0 Å². The predicted molar refractivity (Wildman–Crippen MR) is 54.6 cm³/mol. The van der Waals surface area contributed by atoms with E-state index in [-0.39, 0.29) is 28.9 Å². The third kappa shape index (κ3) is 2.82. The SMILES string of the molecule is Cl.NN=Cc1ncc(Cl)nc1C(N)=O. The van der Waals surface area contributed by atoms with Gasteiger partial charge in [-0.2, -0.15) is 5.10 Å². The smallest absolute Gasteiger partial charge is 0.269 e. The quantitative estimate of drug-likeness (QED) is 0.426. The van der Waals surface area contributed by atoms with Crippen LogP contribution in [0.4, 0.5) is 0 Å². The standard InChI is InChI=1S/C6H6ClN5O.ClH/c7-4-2-10-3(1-11-9)5(12-4)6(8)13;/h1-2H,9H2,(H2,8,13);1H. The molecule has 0 saturated heterocycles. The number of carbonyl (C=O) groups is 1. The van der Waals surface area contributed by atoms with Gasteiger partial charge in [-0.15, -0.1) is 12.4 Å². The first-order valence-corrected chi connectivity index (χ1v) is 3.58. The molecule has 14 heavy (non-hydrogen) atoms. The number of nitrogens with two attached hydrogens (primary N) is 2. The van der Waals surface area contributed by atoms with E-state index in [0.29, 0.717) is 0 Å². The van der Waals surface area contributed by atoms with Gasteiger partial charge in [0.1, 0.15) is 10.8 Å². The zero-order valence-corrected chi connectivity index (χ0v) is 8.42. The second kappa shape index (κ2) is 5.36. The van der Waals surface area contributed by atoms with E-state index in [2.05, 4.69) is 15.1 Å². The van der Waals surface area contributed by atoms with Gasteiger partial charge in [-0.25, -0.2) is 9.97 Å². The molecule has 1 amide bonds. The lowest BCUT2D eigenvalue weighted by Crippen LogP contribution is -2.17. The molecule has 6 nitrogen and oxygen atoms in total. The third-order valence-corrected chi connectivity index (χ3v) is 1.38. The Labute approximate surface area is 90.8 Å². The van der Waals surface area contributed by atoms with Crippen LogP contribution in [0, 0.1) is 0 Å². The van der Waals surface area contributed by atoms with Crippen LogP contribution in [0.5, 0.6) is 0 Å². The van der Waals surface area contributed by atoms with Crippen LogP contribution in [0.15, 0.2) is 11.3 Å². The van der Waals surface area contributed by atoms with Crippen LogP contribution in [0.1, 0.15) is 16.2 Å². The number of aromatic nitrogens is 2. The van der Waals surface area contributed by atoms with E-state index in [0.717, 1.165) is 0 Å². The molecule has 0 saturated carbocycles. The highest BCUT2D eigenvalue weighted by Gasteiger charge is 2.10. The summed E-state index contributed by atoms with van der Waals surface area (Å²) in [4.78, 5) is 18.2. The van der Waals surface area contributed by atoms with Crippen molar-refractivity contribution in [3.05, 3.63) is 22.7 Å². The molecule has 0 bridgehead atoms. The molecule has 0 aliphatic carbocycles. The average Bonchev–Trinajstić information content (AvgIpc) is 2.08. The van der Waals surface area contributed by atoms with Gasteiger partial charge < -0.3 is 11.6 Å². The highest BCUT2D eigenvalue weighted by Crippen LogP contribution is 2.05. The first kappa shape index (κ1) is 12.6. The van der Waals surface area contributed by atoms with E-state index in [1.165, 1.54) is 12.4 Å². The molecule has 0 aliphatic heterocycles. The van der Waals surface area contributed by atoms with E-state index in [1.54, 1.807) is 0 Å². The van der Waals surface area contributed by atoms with Gasteiger partial charge in [0, 0.05) is 0 Å². The second-order valence-electron chi connectivity index (χ2n) is 2.07. The van der Waals surface area contributed by atoms with E-state index in [1.807, 2.05) is 0 Å². The summed E-state index contributed by atoms with van der Waals surface area (Å²) >= 11 is 5.50. The molecule has 1 rings (SSSR count). The van der Waals surface area contributed by atoms with Gasteiger partial charge in [-0.05, 0) is 0 Å². The molecule has 0 unspecified atom stereocenters. The Kier molecular flexibility index (Phi) is 4.82. The van der Waals surface area contributed by atoms with Crippen molar-refractivity contribution in [2.24, 2.45) is 16.7 Å². The molecule has 8 heteroatoms. The number of hydrogen-bond donors (Lipinski definition) is 2. The molecular formula is C6H7Cl2N5O. The lowest BCUT2D eigenvalue weighted by atomic mass is 10.3. The molecule has 0 radical (unpaired) electrons. The molecule has 0 atom stereocenters. The summed E-state index contributed by atoms with van der Waals surface area (Å²) in [6, 6.07) is 0. The zero-order chi connectivity index (χ0) is 9.84. The molecule has 4 N–H and O–H groups in total. The van der Waals surface area contributed by atoms with Crippen molar-refractivity contribution in [2.45, 2.75) is 0 Å². The number of halogens is 2. The normalized spacial score (nSPS) is 9.79. The highest BCUT2D eigenvalue weighted by molar-refractivity contribution is 6.29. The number of primary amides is 1. The first-order chi connectivity index (χ1) is 6.15. The van der Waals surface area contributed by atoms with Gasteiger partial charge in [-0.1, -0.05) is 11.6 Å². The van der Waals surface area contributed by atoms with Crippen molar-refractivity contribution in [3.8, 4) is 0 Å². The maximum absolute atomic E-state index is 10.8. The third-order valence-electron chi connectivity index (χ3n) is 1.20. The number of carbonyl (C=O) groups excluding carboxylic acids is 1.